The summed E-state index contributed by atoms with van der Waals surface area (Å²) in [5, 5.41) is 5.27. The van der Waals surface area contributed by atoms with Crippen LogP contribution in [0.1, 0.15) is 22.5 Å². The van der Waals surface area contributed by atoms with E-state index < -0.39 is 0 Å². The zero-order valence-electron chi connectivity index (χ0n) is 9.31. The van der Waals surface area contributed by atoms with Crippen molar-refractivity contribution in [3.8, 4) is 0 Å². The highest BCUT2D eigenvalue weighted by Crippen LogP contribution is 2.15. The normalized spacial score (nSPS) is 19.9. The summed E-state index contributed by atoms with van der Waals surface area (Å²) in [7, 11) is 1.90. The number of piperidine rings is 1. The zero-order chi connectivity index (χ0) is 10.7. The van der Waals surface area contributed by atoms with Crippen molar-refractivity contribution < 1.29 is 4.79 Å². The number of rotatable bonds is 2. The van der Waals surface area contributed by atoms with Gasteiger partial charge in [-0.1, -0.05) is 6.07 Å². The van der Waals surface area contributed by atoms with Crippen LogP contribution in [0.2, 0.25) is 0 Å². The first kappa shape index (κ1) is 13.5. The van der Waals surface area contributed by atoms with Crippen LogP contribution in [-0.4, -0.2) is 37.0 Å². The molecule has 0 aromatic carbocycles. The van der Waals surface area contributed by atoms with E-state index in [0.717, 1.165) is 30.8 Å². The summed E-state index contributed by atoms with van der Waals surface area (Å²) in [6.07, 6.45) is 2.27. The molecule has 1 fully saturated rings. The van der Waals surface area contributed by atoms with Crippen LogP contribution in [0.4, 0.5) is 0 Å². The van der Waals surface area contributed by atoms with E-state index in [-0.39, 0.29) is 18.3 Å². The van der Waals surface area contributed by atoms with Crippen molar-refractivity contribution in [2.24, 2.45) is 0 Å². The van der Waals surface area contributed by atoms with Gasteiger partial charge in [0.2, 0.25) is 0 Å². The third-order valence-corrected chi connectivity index (χ3v) is 3.73. The van der Waals surface area contributed by atoms with Gasteiger partial charge in [-0.25, -0.2) is 0 Å². The fraction of sp³-hybridized carbons (Fsp3) is 0.545. The molecule has 1 amide bonds. The predicted octanol–water partition coefficient (Wildman–Crippen LogP) is 1.99. The smallest absolute Gasteiger partial charge is 0.263 e. The van der Waals surface area contributed by atoms with Gasteiger partial charge in [0.05, 0.1) is 4.88 Å². The lowest BCUT2D eigenvalue weighted by Crippen LogP contribution is -2.46. The topological polar surface area (TPSA) is 32.3 Å². The lowest BCUT2D eigenvalue weighted by atomic mass is 10.1. The molecule has 0 radical (unpaired) electrons. The largest absolute Gasteiger partial charge is 0.337 e. The molecule has 16 heavy (non-hydrogen) atoms. The Morgan fingerprint density at radius 3 is 3.00 bits per heavy atom. The van der Waals surface area contributed by atoms with Crippen molar-refractivity contribution >= 4 is 29.7 Å². The van der Waals surface area contributed by atoms with Gasteiger partial charge in [-0.05, 0) is 30.8 Å². The van der Waals surface area contributed by atoms with Crippen LogP contribution in [0.3, 0.4) is 0 Å². The molecule has 0 unspecified atom stereocenters. The number of carbonyl (C=O) groups excluding carboxylic acids is 1. The van der Waals surface area contributed by atoms with E-state index >= 15 is 0 Å². The Morgan fingerprint density at radius 1 is 1.62 bits per heavy atom. The van der Waals surface area contributed by atoms with Crippen LogP contribution < -0.4 is 5.32 Å². The molecule has 90 valence electrons. The highest BCUT2D eigenvalue weighted by molar-refractivity contribution is 7.12. The maximum Gasteiger partial charge on any atom is 0.263 e. The van der Waals surface area contributed by atoms with Crippen LogP contribution in [0.5, 0.6) is 0 Å². The summed E-state index contributed by atoms with van der Waals surface area (Å²) in [5.41, 5.74) is 0. The second-order valence-corrected chi connectivity index (χ2v) is 4.84. The van der Waals surface area contributed by atoms with Crippen LogP contribution in [0, 0.1) is 0 Å². The number of hydrogen-bond acceptors (Lipinski definition) is 3. The van der Waals surface area contributed by atoms with Crippen molar-refractivity contribution in [3.63, 3.8) is 0 Å². The molecule has 1 N–H and O–H groups in total. The molecule has 1 aromatic rings. The van der Waals surface area contributed by atoms with Crippen LogP contribution in [-0.2, 0) is 0 Å². The molecule has 1 aliphatic heterocycles. The molecule has 5 heteroatoms. The van der Waals surface area contributed by atoms with Crippen molar-refractivity contribution in [1.29, 1.82) is 0 Å². The van der Waals surface area contributed by atoms with Gasteiger partial charge in [0.1, 0.15) is 0 Å². The molecular weight excluding hydrogens is 244 g/mol. The van der Waals surface area contributed by atoms with E-state index in [9.17, 15) is 4.79 Å². The fourth-order valence-corrected chi connectivity index (χ4v) is 2.61. The molecule has 2 heterocycles. The van der Waals surface area contributed by atoms with E-state index in [4.69, 9.17) is 0 Å². The van der Waals surface area contributed by atoms with E-state index in [1.807, 2.05) is 29.5 Å². The molecule has 0 spiro atoms. The van der Waals surface area contributed by atoms with E-state index in [2.05, 4.69) is 5.32 Å². The van der Waals surface area contributed by atoms with Gasteiger partial charge in [-0.15, -0.1) is 23.7 Å². The first-order valence-corrected chi connectivity index (χ1v) is 6.18. The molecular formula is C11H17ClN2OS. The van der Waals surface area contributed by atoms with Crippen molar-refractivity contribution in [2.45, 2.75) is 18.9 Å². The molecule has 1 aliphatic rings. The van der Waals surface area contributed by atoms with E-state index in [1.165, 1.54) is 11.3 Å². The zero-order valence-corrected chi connectivity index (χ0v) is 10.9. The summed E-state index contributed by atoms with van der Waals surface area (Å²) in [4.78, 5) is 14.7. The molecule has 2 rings (SSSR count). The van der Waals surface area contributed by atoms with Gasteiger partial charge >= 0.3 is 0 Å². The molecule has 1 aromatic heterocycles. The molecule has 1 atom stereocenters. The van der Waals surface area contributed by atoms with Gasteiger partial charge in [-0.2, -0.15) is 0 Å². The summed E-state index contributed by atoms with van der Waals surface area (Å²) < 4.78 is 0. The minimum Gasteiger partial charge on any atom is -0.337 e. The van der Waals surface area contributed by atoms with Gasteiger partial charge in [0, 0.05) is 19.6 Å². The Morgan fingerprint density at radius 2 is 2.44 bits per heavy atom. The number of thiophene rings is 1. The lowest BCUT2D eigenvalue weighted by Gasteiger charge is -2.31. The summed E-state index contributed by atoms with van der Waals surface area (Å²) >= 11 is 1.51. The molecule has 0 aliphatic carbocycles. The standard InChI is InChI=1S/C11H16N2OS.ClH/c1-13(9-4-2-6-12-8-9)11(14)10-5-3-7-15-10;/h3,5,7,9,12H,2,4,6,8H2,1H3;1H/t9-;/m1./s1. The fourth-order valence-electron chi connectivity index (χ4n) is 1.90. The number of nitrogens with zero attached hydrogens (tertiary/aromatic N) is 1. The van der Waals surface area contributed by atoms with Gasteiger partial charge in [0.25, 0.3) is 5.91 Å². The van der Waals surface area contributed by atoms with Gasteiger partial charge in [-0.3, -0.25) is 4.79 Å². The van der Waals surface area contributed by atoms with Gasteiger partial charge < -0.3 is 10.2 Å². The SMILES string of the molecule is CN(C(=O)c1cccs1)[C@@H]1CCCNC1.Cl. The minimum atomic E-state index is 0. The van der Waals surface area contributed by atoms with Crippen molar-refractivity contribution in [2.75, 3.05) is 20.1 Å². The number of nitrogens with one attached hydrogen (secondary N) is 1. The summed E-state index contributed by atoms with van der Waals surface area (Å²) in [6.45, 7) is 2.01. The average molecular weight is 261 g/mol. The van der Waals surface area contributed by atoms with Crippen LogP contribution in [0.15, 0.2) is 17.5 Å². The van der Waals surface area contributed by atoms with E-state index in [0.29, 0.717) is 6.04 Å². The summed E-state index contributed by atoms with van der Waals surface area (Å²) in [6, 6.07) is 4.17. The van der Waals surface area contributed by atoms with E-state index in [1.54, 1.807) is 0 Å². The third-order valence-electron chi connectivity index (χ3n) is 2.87. The van der Waals surface area contributed by atoms with Crippen molar-refractivity contribution in [1.82, 2.24) is 10.2 Å². The monoisotopic (exact) mass is 260 g/mol. The molecule has 1 saturated heterocycles. The number of hydrogen-bond donors (Lipinski definition) is 1. The maximum atomic E-state index is 12.0. The Labute approximate surface area is 106 Å². The minimum absolute atomic E-state index is 0. The lowest BCUT2D eigenvalue weighted by molar-refractivity contribution is 0.0713. The van der Waals surface area contributed by atoms with Gasteiger partial charge in [0.15, 0.2) is 0 Å². The first-order chi connectivity index (χ1) is 7.29. The Hall–Kier alpha value is -0.580. The molecule has 3 nitrogen and oxygen atoms in total. The Bertz CT molecular complexity index is 323. The highest BCUT2D eigenvalue weighted by Gasteiger charge is 2.22. The Balaban J connectivity index is 0.00000128. The molecule has 0 saturated carbocycles. The summed E-state index contributed by atoms with van der Waals surface area (Å²) in [5.74, 6) is 0.152. The highest BCUT2D eigenvalue weighted by atomic mass is 35.5. The number of carbonyl (C=O) groups is 1. The predicted molar refractivity (Wildman–Crippen MR) is 69.6 cm³/mol. The molecule has 0 bridgehead atoms. The first-order valence-electron chi connectivity index (χ1n) is 5.30. The second-order valence-electron chi connectivity index (χ2n) is 3.89. The average Bonchev–Trinajstić information content (AvgIpc) is 2.82. The quantitative estimate of drug-likeness (QED) is 0.882. The number of likely N-dealkylation sites (N-methyl/N-ethyl adjacent to an activating group) is 1. The van der Waals surface area contributed by atoms with Crippen LogP contribution >= 0.6 is 23.7 Å². The Kier molecular flexibility index (Phi) is 5.25. The second kappa shape index (κ2) is 6.23. The number of halogens is 1. The maximum absolute atomic E-state index is 12.0. The van der Waals surface area contributed by atoms with Crippen molar-refractivity contribution in [3.05, 3.63) is 22.4 Å². The van der Waals surface area contributed by atoms with Crippen LogP contribution in [0.25, 0.3) is 0 Å². The third kappa shape index (κ3) is 2.97. The number of amides is 1.